The molecule has 1 aliphatic rings. The minimum Gasteiger partial charge on any atom is -0.493 e. The molecule has 0 spiro atoms. The molecule has 2 N–H and O–H groups in total. The summed E-state index contributed by atoms with van der Waals surface area (Å²) in [5.74, 6) is 2.25. The quantitative estimate of drug-likeness (QED) is 0.349. The van der Waals surface area contributed by atoms with Gasteiger partial charge in [0.2, 0.25) is 0 Å². The van der Waals surface area contributed by atoms with E-state index in [4.69, 9.17) is 18.9 Å². The van der Waals surface area contributed by atoms with Gasteiger partial charge in [-0.1, -0.05) is 12.1 Å². The standard InChI is InChI=1S/C20H33N3O4/c1-4-21-20(22-11-7-12-26-17-10-13-25-15-17)23-14-16(2)27-19-9-6-5-8-18(19)24-3/h5-6,8-9,16-17H,4,7,10-15H2,1-3H3,(H2,21,22,23). The molecule has 2 unspecified atom stereocenters. The smallest absolute Gasteiger partial charge is 0.191 e. The van der Waals surface area contributed by atoms with E-state index in [9.17, 15) is 0 Å². The van der Waals surface area contributed by atoms with Crippen molar-refractivity contribution in [2.45, 2.75) is 38.9 Å². The molecule has 2 atom stereocenters. The maximum Gasteiger partial charge on any atom is 0.191 e. The van der Waals surface area contributed by atoms with E-state index in [2.05, 4.69) is 22.5 Å². The van der Waals surface area contributed by atoms with Gasteiger partial charge in [-0.25, -0.2) is 4.99 Å². The number of ether oxygens (including phenoxy) is 4. The molecule has 0 saturated carbocycles. The van der Waals surface area contributed by atoms with Crippen LogP contribution in [0.2, 0.25) is 0 Å². The molecule has 1 fully saturated rings. The molecular formula is C20H33N3O4. The lowest BCUT2D eigenvalue weighted by molar-refractivity contribution is 0.0420. The Labute approximate surface area is 162 Å². The predicted octanol–water partition coefficient (Wildman–Crippen LogP) is 2.21. The minimum absolute atomic E-state index is 0.0672. The van der Waals surface area contributed by atoms with Crippen LogP contribution in [0, 0.1) is 0 Å². The second-order valence-electron chi connectivity index (χ2n) is 6.44. The Hall–Kier alpha value is -1.99. The van der Waals surface area contributed by atoms with Gasteiger partial charge in [-0.2, -0.15) is 0 Å². The summed E-state index contributed by atoms with van der Waals surface area (Å²) < 4.78 is 22.3. The van der Waals surface area contributed by atoms with Crippen molar-refractivity contribution in [1.82, 2.24) is 10.6 Å². The third kappa shape index (κ3) is 8.05. The molecule has 0 aliphatic carbocycles. The molecule has 7 heteroatoms. The molecule has 1 saturated heterocycles. The van der Waals surface area contributed by atoms with Crippen molar-refractivity contribution in [3.05, 3.63) is 24.3 Å². The third-order valence-electron chi connectivity index (χ3n) is 4.10. The first kappa shape index (κ1) is 21.3. The van der Waals surface area contributed by atoms with E-state index < -0.39 is 0 Å². The van der Waals surface area contributed by atoms with Crippen LogP contribution in [-0.4, -0.2) is 64.7 Å². The minimum atomic E-state index is -0.0672. The summed E-state index contributed by atoms with van der Waals surface area (Å²) in [6.45, 7) is 8.48. The Kier molecular flexibility index (Phi) is 9.79. The highest BCUT2D eigenvalue weighted by atomic mass is 16.5. The number of aliphatic imine (C=N–C) groups is 1. The van der Waals surface area contributed by atoms with Gasteiger partial charge in [-0.05, 0) is 38.8 Å². The van der Waals surface area contributed by atoms with Crippen molar-refractivity contribution in [3.8, 4) is 11.5 Å². The first-order valence-corrected chi connectivity index (χ1v) is 9.74. The van der Waals surface area contributed by atoms with Crippen LogP contribution in [0.4, 0.5) is 0 Å². The molecule has 0 amide bonds. The molecule has 7 nitrogen and oxygen atoms in total. The SMILES string of the molecule is CCNC(=NCC(C)Oc1ccccc1OC)NCCCOC1CCOC1. The largest absolute Gasteiger partial charge is 0.493 e. The average molecular weight is 380 g/mol. The van der Waals surface area contributed by atoms with Crippen LogP contribution in [-0.2, 0) is 9.47 Å². The molecule has 0 aromatic heterocycles. The summed E-state index contributed by atoms with van der Waals surface area (Å²) in [5.41, 5.74) is 0. The summed E-state index contributed by atoms with van der Waals surface area (Å²) >= 11 is 0. The summed E-state index contributed by atoms with van der Waals surface area (Å²) in [5, 5.41) is 6.59. The monoisotopic (exact) mass is 379 g/mol. The van der Waals surface area contributed by atoms with Crippen LogP contribution in [0.3, 0.4) is 0 Å². The van der Waals surface area contributed by atoms with Crippen molar-refractivity contribution >= 4 is 5.96 Å². The number of nitrogens with zero attached hydrogens (tertiary/aromatic N) is 1. The van der Waals surface area contributed by atoms with Gasteiger partial charge in [0.15, 0.2) is 17.5 Å². The van der Waals surface area contributed by atoms with E-state index >= 15 is 0 Å². The van der Waals surface area contributed by atoms with Crippen molar-refractivity contribution in [1.29, 1.82) is 0 Å². The molecule has 1 aromatic carbocycles. The third-order valence-corrected chi connectivity index (χ3v) is 4.10. The Morgan fingerprint density at radius 3 is 2.81 bits per heavy atom. The average Bonchev–Trinajstić information content (AvgIpc) is 3.19. The summed E-state index contributed by atoms with van der Waals surface area (Å²) in [6.07, 6.45) is 2.12. The zero-order valence-electron chi connectivity index (χ0n) is 16.7. The zero-order valence-corrected chi connectivity index (χ0v) is 16.7. The second kappa shape index (κ2) is 12.4. The van der Waals surface area contributed by atoms with Gasteiger partial charge >= 0.3 is 0 Å². The van der Waals surface area contributed by atoms with Crippen molar-refractivity contribution in [2.24, 2.45) is 4.99 Å². The lowest BCUT2D eigenvalue weighted by atomic mass is 10.3. The number of hydrogen-bond donors (Lipinski definition) is 2. The van der Waals surface area contributed by atoms with Gasteiger partial charge in [-0.15, -0.1) is 0 Å². The van der Waals surface area contributed by atoms with E-state index in [1.807, 2.05) is 31.2 Å². The molecule has 27 heavy (non-hydrogen) atoms. The Morgan fingerprint density at radius 1 is 1.30 bits per heavy atom. The Morgan fingerprint density at radius 2 is 2.11 bits per heavy atom. The van der Waals surface area contributed by atoms with Gasteiger partial charge in [0.05, 0.1) is 26.4 Å². The maximum atomic E-state index is 5.95. The van der Waals surface area contributed by atoms with Crippen molar-refractivity contribution < 1.29 is 18.9 Å². The van der Waals surface area contributed by atoms with Gasteiger partial charge < -0.3 is 29.6 Å². The van der Waals surface area contributed by atoms with Crippen LogP contribution >= 0.6 is 0 Å². The molecule has 1 aliphatic heterocycles. The number of guanidine groups is 1. The number of nitrogens with one attached hydrogen (secondary N) is 2. The van der Waals surface area contributed by atoms with Crippen LogP contribution in [0.25, 0.3) is 0 Å². The summed E-state index contributed by atoms with van der Waals surface area (Å²) in [6, 6.07) is 7.64. The van der Waals surface area contributed by atoms with Crippen molar-refractivity contribution in [3.63, 3.8) is 0 Å². The molecule has 1 aromatic rings. The number of rotatable bonds is 11. The fourth-order valence-corrected chi connectivity index (χ4v) is 2.71. The molecular weight excluding hydrogens is 346 g/mol. The van der Waals surface area contributed by atoms with Crippen LogP contribution in [0.1, 0.15) is 26.7 Å². The Bertz CT molecular complexity index is 562. The van der Waals surface area contributed by atoms with Gasteiger partial charge in [-0.3, -0.25) is 0 Å². The lowest BCUT2D eigenvalue weighted by Crippen LogP contribution is -2.39. The van der Waals surface area contributed by atoms with Gasteiger partial charge in [0.1, 0.15) is 6.10 Å². The van der Waals surface area contributed by atoms with E-state index in [-0.39, 0.29) is 12.2 Å². The van der Waals surface area contributed by atoms with Gasteiger partial charge in [0, 0.05) is 26.3 Å². The molecule has 1 heterocycles. The van der Waals surface area contributed by atoms with E-state index in [1.165, 1.54) is 0 Å². The first-order valence-electron chi connectivity index (χ1n) is 9.74. The van der Waals surface area contributed by atoms with Crippen LogP contribution < -0.4 is 20.1 Å². The maximum absolute atomic E-state index is 5.95. The van der Waals surface area contributed by atoms with Crippen molar-refractivity contribution in [2.75, 3.05) is 46.6 Å². The van der Waals surface area contributed by atoms with Crippen LogP contribution in [0.15, 0.2) is 29.3 Å². The molecule has 152 valence electrons. The highest BCUT2D eigenvalue weighted by molar-refractivity contribution is 5.79. The van der Waals surface area contributed by atoms with E-state index in [1.54, 1.807) is 7.11 Å². The fourth-order valence-electron chi connectivity index (χ4n) is 2.71. The zero-order chi connectivity index (χ0) is 19.3. The summed E-state index contributed by atoms with van der Waals surface area (Å²) in [7, 11) is 1.64. The molecule has 0 radical (unpaired) electrons. The normalized spacial score (nSPS) is 18.2. The van der Waals surface area contributed by atoms with E-state index in [0.29, 0.717) is 6.54 Å². The highest BCUT2D eigenvalue weighted by Gasteiger charge is 2.15. The lowest BCUT2D eigenvalue weighted by Gasteiger charge is -2.17. The summed E-state index contributed by atoms with van der Waals surface area (Å²) in [4.78, 5) is 4.61. The Balaban J connectivity index is 1.71. The number of hydrogen-bond acceptors (Lipinski definition) is 5. The fraction of sp³-hybridized carbons (Fsp3) is 0.650. The highest BCUT2D eigenvalue weighted by Crippen LogP contribution is 2.26. The first-order chi connectivity index (χ1) is 13.2. The van der Waals surface area contributed by atoms with Gasteiger partial charge in [0.25, 0.3) is 0 Å². The predicted molar refractivity (Wildman–Crippen MR) is 107 cm³/mol. The molecule has 2 rings (SSSR count). The molecule has 0 bridgehead atoms. The van der Waals surface area contributed by atoms with Crippen LogP contribution in [0.5, 0.6) is 11.5 Å². The number of benzene rings is 1. The van der Waals surface area contributed by atoms with E-state index in [0.717, 1.165) is 63.2 Å². The topological polar surface area (TPSA) is 73.3 Å². The number of para-hydroxylation sites is 2. The number of methoxy groups -OCH3 is 1. The second-order valence-corrected chi connectivity index (χ2v) is 6.44.